The molecule has 0 fully saturated rings. The van der Waals surface area contributed by atoms with Gasteiger partial charge in [0.1, 0.15) is 5.75 Å². The summed E-state index contributed by atoms with van der Waals surface area (Å²) >= 11 is 0. The summed E-state index contributed by atoms with van der Waals surface area (Å²) in [5.41, 5.74) is 2.23. The minimum atomic E-state index is -0.368. The van der Waals surface area contributed by atoms with Gasteiger partial charge in [-0.3, -0.25) is 15.0 Å². The first-order valence-electron chi connectivity index (χ1n) is 6.63. The SMILES string of the molecule is COc1ccc(CN(C)Cc2cccc([N+](=O)[O-])c2)cc1. The zero-order chi connectivity index (χ0) is 15.2. The number of nitro benzene ring substituents is 1. The third kappa shape index (κ3) is 4.29. The van der Waals surface area contributed by atoms with Crippen LogP contribution in [-0.2, 0) is 13.1 Å². The van der Waals surface area contributed by atoms with Crippen molar-refractivity contribution in [2.75, 3.05) is 14.2 Å². The van der Waals surface area contributed by atoms with Crippen LogP contribution >= 0.6 is 0 Å². The Morgan fingerprint density at radius 2 is 1.76 bits per heavy atom. The first-order chi connectivity index (χ1) is 10.1. The summed E-state index contributed by atoms with van der Waals surface area (Å²) < 4.78 is 5.13. The molecule has 0 saturated heterocycles. The summed E-state index contributed by atoms with van der Waals surface area (Å²) in [6.45, 7) is 1.43. The lowest BCUT2D eigenvalue weighted by atomic mass is 10.1. The number of hydrogen-bond acceptors (Lipinski definition) is 4. The Morgan fingerprint density at radius 1 is 1.10 bits per heavy atom. The molecule has 0 aliphatic rings. The van der Waals surface area contributed by atoms with Crippen molar-refractivity contribution in [3.63, 3.8) is 0 Å². The van der Waals surface area contributed by atoms with Crippen LogP contribution in [0.25, 0.3) is 0 Å². The fourth-order valence-corrected chi connectivity index (χ4v) is 2.18. The van der Waals surface area contributed by atoms with E-state index in [1.165, 1.54) is 11.6 Å². The third-order valence-electron chi connectivity index (χ3n) is 3.19. The number of ether oxygens (including phenoxy) is 1. The molecule has 0 heterocycles. The number of rotatable bonds is 6. The molecule has 0 bridgehead atoms. The van der Waals surface area contributed by atoms with Crippen molar-refractivity contribution in [2.24, 2.45) is 0 Å². The molecule has 110 valence electrons. The summed E-state index contributed by atoms with van der Waals surface area (Å²) in [5.74, 6) is 0.833. The number of nitro groups is 1. The molecule has 5 heteroatoms. The van der Waals surface area contributed by atoms with Crippen LogP contribution in [0.3, 0.4) is 0 Å². The van der Waals surface area contributed by atoms with Gasteiger partial charge >= 0.3 is 0 Å². The Balaban J connectivity index is 1.98. The molecule has 0 spiro atoms. The van der Waals surface area contributed by atoms with Crippen molar-refractivity contribution in [1.82, 2.24) is 4.90 Å². The lowest BCUT2D eigenvalue weighted by Crippen LogP contribution is -2.17. The van der Waals surface area contributed by atoms with Crippen molar-refractivity contribution >= 4 is 5.69 Å². The number of methoxy groups -OCH3 is 1. The predicted molar refractivity (Wildman–Crippen MR) is 81.3 cm³/mol. The maximum Gasteiger partial charge on any atom is 0.269 e. The zero-order valence-electron chi connectivity index (χ0n) is 12.2. The highest BCUT2D eigenvalue weighted by Crippen LogP contribution is 2.16. The van der Waals surface area contributed by atoms with Gasteiger partial charge < -0.3 is 4.74 Å². The van der Waals surface area contributed by atoms with Crippen LogP contribution in [0.15, 0.2) is 48.5 Å². The monoisotopic (exact) mass is 286 g/mol. The van der Waals surface area contributed by atoms with Crippen molar-refractivity contribution in [3.05, 3.63) is 69.8 Å². The lowest BCUT2D eigenvalue weighted by molar-refractivity contribution is -0.384. The Labute approximate surface area is 123 Å². The minimum Gasteiger partial charge on any atom is -0.497 e. The molecule has 0 radical (unpaired) electrons. The Bertz CT molecular complexity index is 611. The molecule has 0 atom stereocenters. The van der Waals surface area contributed by atoms with E-state index in [9.17, 15) is 10.1 Å². The second kappa shape index (κ2) is 6.85. The highest BCUT2D eigenvalue weighted by atomic mass is 16.6. The van der Waals surface area contributed by atoms with Crippen LogP contribution in [0.2, 0.25) is 0 Å². The molecule has 0 amide bonds. The maximum absolute atomic E-state index is 10.8. The molecule has 5 nitrogen and oxygen atoms in total. The van der Waals surface area contributed by atoms with Gasteiger partial charge in [-0.2, -0.15) is 0 Å². The van der Waals surface area contributed by atoms with E-state index in [4.69, 9.17) is 4.74 Å². The zero-order valence-corrected chi connectivity index (χ0v) is 12.2. The van der Waals surface area contributed by atoms with E-state index >= 15 is 0 Å². The molecule has 0 aromatic heterocycles. The summed E-state index contributed by atoms with van der Waals surface area (Å²) in [6, 6.07) is 14.6. The van der Waals surface area contributed by atoms with E-state index in [1.807, 2.05) is 37.4 Å². The Kier molecular flexibility index (Phi) is 4.90. The first kappa shape index (κ1) is 15.0. The van der Waals surface area contributed by atoms with Crippen molar-refractivity contribution in [3.8, 4) is 5.75 Å². The van der Waals surface area contributed by atoms with E-state index in [0.29, 0.717) is 6.54 Å². The fraction of sp³-hybridized carbons (Fsp3) is 0.250. The van der Waals surface area contributed by atoms with Gasteiger partial charge in [0.15, 0.2) is 0 Å². The van der Waals surface area contributed by atoms with Gasteiger partial charge in [0.25, 0.3) is 5.69 Å². The van der Waals surface area contributed by atoms with E-state index < -0.39 is 0 Å². The highest BCUT2D eigenvalue weighted by molar-refractivity contribution is 5.34. The minimum absolute atomic E-state index is 0.130. The number of hydrogen-bond donors (Lipinski definition) is 0. The van der Waals surface area contributed by atoms with Crippen molar-refractivity contribution in [2.45, 2.75) is 13.1 Å². The standard InChI is InChI=1S/C16H18N2O3/c1-17(11-13-6-8-16(21-2)9-7-13)12-14-4-3-5-15(10-14)18(19)20/h3-10H,11-12H2,1-2H3. The van der Waals surface area contributed by atoms with Crippen LogP contribution in [0.4, 0.5) is 5.69 Å². The van der Waals surface area contributed by atoms with Gasteiger partial charge in [0.05, 0.1) is 12.0 Å². The number of non-ortho nitro benzene ring substituents is 1. The molecule has 2 aromatic rings. The molecular formula is C16H18N2O3. The summed E-state index contributed by atoms with van der Waals surface area (Å²) in [5, 5.41) is 10.8. The number of benzene rings is 2. The van der Waals surface area contributed by atoms with Gasteiger partial charge in [-0.25, -0.2) is 0 Å². The van der Waals surface area contributed by atoms with Crippen molar-refractivity contribution < 1.29 is 9.66 Å². The van der Waals surface area contributed by atoms with Crippen molar-refractivity contribution in [1.29, 1.82) is 0 Å². The van der Waals surface area contributed by atoms with Gasteiger partial charge in [-0.1, -0.05) is 24.3 Å². The number of nitrogens with zero attached hydrogens (tertiary/aromatic N) is 2. The first-order valence-corrected chi connectivity index (χ1v) is 6.63. The smallest absolute Gasteiger partial charge is 0.269 e. The topological polar surface area (TPSA) is 55.6 Å². The molecule has 0 unspecified atom stereocenters. The normalized spacial score (nSPS) is 10.6. The van der Waals surface area contributed by atoms with Crippen LogP contribution in [0.5, 0.6) is 5.75 Å². The molecule has 0 saturated carbocycles. The molecule has 0 aliphatic carbocycles. The lowest BCUT2D eigenvalue weighted by Gasteiger charge is -2.17. The van der Waals surface area contributed by atoms with E-state index in [2.05, 4.69) is 4.90 Å². The average Bonchev–Trinajstić information content (AvgIpc) is 2.48. The Hall–Kier alpha value is -2.40. The molecule has 2 aromatic carbocycles. The van der Waals surface area contributed by atoms with E-state index in [1.54, 1.807) is 19.2 Å². The largest absolute Gasteiger partial charge is 0.497 e. The van der Waals surface area contributed by atoms with Crippen LogP contribution in [-0.4, -0.2) is 24.0 Å². The van der Waals surface area contributed by atoms with Crippen LogP contribution in [0, 0.1) is 10.1 Å². The molecule has 0 aliphatic heterocycles. The predicted octanol–water partition coefficient (Wildman–Crippen LogP) is 3.24. The van der Waals surface area contributed by atoms with Gasteiger partial charge in [-0.15, -0.1) is 0 Å². The average molecular weight is 286 g/mol. The summed E-state index contributed by atoms with van der Waals surface area (Å²) in [4.78, 5) is 12.5. The molecular weight excluding hydrogens is 268 g/mol. The maximum atomic E-state index is 10.8. The van der Waals surface area contributed by atoms with Gasteiger partial charge in [-0.05, 0) is 30.3 Å². The van der Waals surface area contributed by atoms with E-state index in [0.717, 1.165) is 17.9 Å². The third-order valence-corrected chi connectivity index (χ3v) is 3.19. The molecule has 21 heavy (non-hydrogen) atoms. The molecule has 0 N–H and O–H groups in total. The van der Waals surface area contributed by atoms with E-state index in [-0.39, 0.29) is 10.6 Å². The van der Waals surface area contributed by atoms with Crippen LogP contribution in [0.1, 0.15) is 11.1 Å². The van der Waals surface area contributed by atoms with Gasteiger partial charge in [0, 0.05) is 25.2 Å². The molecule has 2 rings (SSSR count). The van der Waals surface area contributed by atoms with Gasteiger partial charge in [0.2, 0.25) is 0 Å². The highest BCUT2D eigenvalue weighted by Gasteiger charge is 2.08. The fourth-order valence-electron chi connectivity index (χ4n) is 2.18. The van der Waals surface area contributed by atoms with Crippen LogP contribution < -0.4 is 4.74 Å². The second-order valence-corrected chi connectivity index (χ2v) is 4.95. The Morgan fingerprint density at radius 3 is 2.38 bits per heavy atom. The summed E-state index contributed by atoms with van der Waals surface area (Å²) in [6.07, 6.45) is 0. The summed E-state index contributed by atoms with van der Waals surface area (Å²) in [7, 11) is 3.63. The quantitative estimate of drug-likeness (QED) is 0.604. The second-order valence-electron chi connectivity index (χ2n) is 4.95.